The van der Waals surface area contributed by atoms with E-state index in [1.165, 1.54) is 37.3 Å². The molecule has 2 atom stereocenters. The van der Waals surface area contributed by atoms with E-state index in [1.54, 1.807) is 24.3 Å². The summed E-state index contributed by atoms with van der Waals surface area (Å²) in [5.41, 5.74) is -1.08. The van der Waals surface area contributed by atoms with Crippen molar-refractivity contribution >= 4 is 21.7 Å². The number of hydrogen-bond donors (Lipinski definition) is 1. The number of carbonyl (C=O) groups excluding carboxylic acids is 1. The van der Waals surface area contributed by atoms with Crippen molar-refractivity contribution in [3.05, 3.63) is 48.5 Å². The van der Waals surface area contributed by atoms with Crippen LogP contribution in [-0.4, -0.2) is 76.0 Å². The molecule has 2 amide bonds. The summed E-state index contributed by atoms with van der Waals surface area (Å²) in [6.07, 6.45) is -1.73. The highest BCUT2D eigenvalue weighted by molar-refractivity contribution is 7.89. The van der Waals surface area contributed by atoms with Gasteiger partial charge in [-0.25, -0.2) is 17.6 Å². The summed E-state index contributed by atoms with van der Waals surface area (Å²) in [4.78, 5) is 13.9. The van der Waals surface area contributed by atoms with Gasteiger partial charge in [-0.15, -0.1) is 0 Å². The molecule has 1 N–H and O–H groups in total. The number of carbonyl (C=O) groups is 1. The lowest BCUT2D eigenvalue weighted by molar-refractivity contribution is -0.134. The molecule has 2 aliphatic rings. The molecule has 33 heavy (non-hydrogen) atoms. The molecule has 2 fully saturated rings. The second-order valence-electron chi connectivity index (χ2n) is 7.75. The summed E-state index contributed by atoms with van der Waals surface area (Å²) in [7, 11) is -1.26. The third-order valence-corrected chi connectivity index (χ3v) is 7.86. The number of benzene rings is 2. The second-order valence-corrected chi connectivity index (χ2v) is 9.61. The number of rotatable bonds is 5. The molecule has 178 valence electrons. The Morgan fingerprint density at radius 1 is 1.12 bits per heavy atom. The smallest absolute Gasteiger partial charge is 0.321 e. The van der Waals surface area contributed by atoms with Crippen molar-refractivity contribution in [1.29, 1.82) is 0 Å². The molecule has 0 saturated carbocycles. The van der Waals surface area contributed by atoms with Gasteiger partial charge in [-0.05, 0) is 24.3 Å². The molecule has 4 rings (SSSR count). The number of amides is 2. The molecule has 1 spiro atoms. The number of alkyl halides is 1. The normalized spacial score (nSPS) is 23.5. The van der Waals surface area contributed by atoms with Crippen molar-refractivity contribution in [2.45, 2.75) is 23.2 Å². The molecule has 0 unspecified atom stereocenters. The molecule has 0 aliphatic carbocycles. The Kier molecular flexibility index (Phi) is 6.46. The number of nitrogens with one attached hydrogen (secondary N) is 1. The maximum atomic E-state index is 15.6. The lowest BCUT2D eigenvalue weighted by atomic mass is 9.99. The Hall–Kier alpha value is -2.89. The summed E-state index contributed by atoms with van der Waals surface area (Å²) in [5, 5.41) is 2.72. The van der Waals surface area contributed by atoms with Crippen LogP contribution >= 0.6 is 0 Å². The topological polar surface area (TPSA) is 97.4 Å². The van der Waals surface area contributed by atoms with Crippen LogP contribution in [0.25, 0.3) is 0 Å². The lowest BCUT2D eigenvalue weighted by Crippen LogP contribution is -2.63. The van der Waals surface area contributed by atoms with E-state index in [2.05, 4.69) is 5.32 Å². The van der Waals surface area contributed by atoms with E-state index in [0.29, 0.717) is 11.4 Å². The second kappa shape index (κ2) is 9.16. The molecule has 11 heteroatoms. The Labute approximate surface area is 192 Å². The van der Waals surface area contributed by atoms with Gasteiger partial charge in [0, 0.05) is 31.3 Å². The maximum absolute atomic E-state index is 15.6. The summed E-state index contributed by atoms with van der Waals surface area (Å²) in [5.74, 6) is 0.627. The van der Waals surface area contributed by atoms with Crippen molar-refractivity contribution in [3.8, 4) is 11.5 Å². The Morgan fingerprint density at radius 3 is 2.52 bits per heavy atom. The van der Waals surface area contributed by atoms with Crippen LogP contribution in [0.2, 0.25) is 0 Å². The molecular formula is C22H26FN3O6S. The van der Waals surface area contributed by atoms with Gasteiger partial charge < -0.3 is 24.4 Å². The molecule has 2 aromatic carbocycles. The van der Waals surface area contributed by atoms with Crippen LogP contribution in [0.3, 0.4) is 0 Å². The lowest BCUT2D eigenvalue weighted by Gasteiger charge is -2.44. The van der Waals surface area contributed by atoms with E-state index in [4.69, 9.17) is 14.2 Å². The summed E-state index contributed by atoms with van der Waals surface area (Å²) >= 11 is 0. The fourth-order valence-electron chi connectivity index (χ4n) is 4.23. The fraction of sp³-hybridized carbons (Fsp3) is 0.409. The predicted octanol–water partition coefficient (Wildman–Crippen LogP) is 2.70. The molecule has 0 radical (unpaired) electrons. The molecule has 2 aromatic rings. The highest BCUT2D eigenvalue weighted by atomic mass is 32.2. The largest absolute Gasteiger partial charge is 0.493 e. The summed E-state index contributed by atoms with van der Waals surface area (Å²) in [6.45, 7) is -0.0931. The number of para-hydroxylation sites is 1. The van der Waals surface area contributed by atoms with Crippen molar-refractivity contribution in [3.63, 3.8) is 0 Å². The van der Waals surface area contributed by atoms with Crippen molar-refractivity contribution in [2.75, 3.05) is 45.8 Å². The highest BCUT2D eigenvalue weighted by Crippen LogP contribution is 2.41. The SMILES string of the molecule is COc1ccc(S(=O)(=O)N2CCO[C@@]23CCN(C(=O)Nc2ccccc2)C[C@H]3F)cc1OC. The number of sulfonamides is 1. The molecule has 9 nitrogen and oxygen atoms in total. The van der Waals surface area contributed by atoms with Crippen LogP contribution in [0.15, 0.2) is 53.4 Å². The van der Waals surface area contributed by atoms with Gasteiger partial charge in [0.1, 0.15) is 0 Å². The van der Waals surface area contributed by atoms with Gasteiger partial charge in [0.25, 0.3) is 0 Å². The first-order valence-corrected chi connectivity index (χ1v) is 11.9. The number of methoxy groups -OCH3 is 2. The zero-order valence-electron chi connectivity index (χ0n) is 18.4. The third kappa shape index (κ3) is 4.23. The van der Waals surface area contributed by atoms with Gasteiger partial charge >= 0.3 is 6.03 Å². The summed E-state index contributed by atoms with van der Waals surface area (Å²) < 4.78 is 59.7. The van der Waals surface area contributed by atoms with E-state index in [1.807, 2.05) is 6.07 Å². The highest BCUT2D eigenvalue weighted by Gasteiger charge is 2.57. The average Bonchev–Trinajstić information content (AvgIpc) is 3.26. The molecule has 2 saturated heterocycles. The number of halogens is 1. The number of ether oxygens (including phenoxy) is 3. The fourth-order valence-corrected chi connectivity index (χ4v) is 5.96. The molecule has 0 bridgehead atoms. The van der Waals surface area contributed by atoms with E-state index in [-0.39, 0.29) is 43.3 Å². The predicted molar refractivity (Wildman–Crippen MR) is 119 cm³/mol. The number of likely N-dealkylation sites (tertiary alicyclic amines) is 1. The Balaban J connectivity index is 1.54. The van der Waals surface area contributed by atoms with E-state index < -0.39 is 28.0 Å². The van der Waals surface area contributed by atoms with Crippen molar-refractivity contribution < 1.29 is 31.8 Å². The first kappa shape index (κ1) is 23.3. The van der Waals surface area contributed by atoms with Crippen LogP contribution in [0.5, 0.6) is 11.5 Å². The first-order chi connectivity index (χ1) is 15.8. The van der Waals surface area contributed by atoms with Gasteiger partial charge in [-0.1, -0.05) is 18.2 Å². The molecule has 2 aliphatic heterocycles. The molecular weight excluding hydrogens is 453 g/mol. The number of nitrogens with zero attached hydrogens (tertiary/aromatic N) is 2. The van der Waals surface area contributed by atoms with Crippen LogP contribution in [-0.2, 0) is 14.8 Å². The Bertz CT molecular complexity index is 1120. The van der Waals surface area contributed by atoms with Crippen LogP contribution in [0.4, 0.5) is 14.9 Å². The Morgan fingerprint density at radius 2 is 1.85 bits per heavy atom. The number of hydrogen-bond acceptors (Lipinski definition) is 6. The monoisotopic (exact) mass is 479 g/mol. The van der Waals surface area contributed by atoms with Crippen molar-refractivity contribution in [2.24, 2.45) is 0 Å². The number of anilines is 1. The third-order valence-electron chi connectivity index (χ3n) is 5.93. The zero-order chi connectivity index (χ0) is 23.6. The number of piperidine rings is 1. The van der Waals surface area contributed by atoms with Gasteiger partial charge in [-0.2, -0.15) is 4.31 Å². The van der Waals surface area contributed by atoms with Gasteiger partial charge in [-0.3, -0.25) is 0 Å². The van der Waals surface area contributed by atoms with Crippen LogP contribution < -0.4 is 14.8 Å². The maximum Gasteiger partial charge on any atom is 0.321 e. The summed E-state index contributed by atoms with van der Waals surface area (Å²) in [6, 6.07) is 12.6. The van der Waals surface area contributed by atoms with Crippen LogP contribution in [0, 0.1) is 0 Å². The minimum absolute atomic E-state index is 0.00287. The first-order valence-electron chi connectivity index (χ1n) is 10.5. The molecule has 0 aromatic heterocycles. The van der Waals surface area contributed by atoms with E-state index in [0.717, 1.165) is 4.31 Å². The van der Waals surface area contributed by atoms with Gasteiger partial charge in [0.2, 0.25) is 10.0 Å². The minimum atomic E-state index is -4.11. The van der Waals surface area contributed by atoms with Crippen molar-refractivity contribution in [1.82, 2.24) is 9.21 Å². The number of urea groups is 1. The zero-order valence-corrected chi connectivity index (χ0v) is 19.2. The average molecular weight is 480 g/mol. The van der Waals surface area contributed by atoms with E-state index in [9.17, 15) is 13.2 Å². The van der Waals surface area contributed by atoms with Gasteiger partial charge in [0.15, 0.2) is 23.4 Å². The molecule has 2 heterocycles. The van der Waals surface area contributed by atoms with E-state index >= 15 is 4.39 Å². The van der Waals surface area contributed by atoms with Gasteiger partial charge in [0.05, 0.1) is 32.3 Å². The van der Waals surface area contributed by atoms with Crippen LogP contribution in [0.1, 0.15) is 6.42 Å². The minimum Gasteiger partial charge on any atom is -0.493 e. The standard InChI is InChI=1S/C22H26FN3O6S/c1-30-18-9-8-17(14-19(18)31-2)33(28,29)26-12-13-32-22(26)10-11-25(15-20(22)23)21(27)24-16-6-4-3-5-7-16/h3-9,14,20H,10-13,15H2,1-2H3,(H,24,27)/t20-,22-/m1/s1. The quantitative estimate of drug-likeness (QED) is 0.708.